The van der Waals surface area contributed by atoms with Gasteiger partial charge in [0, 0.05) is 6.42 Å². The smallest absolute Gasteiger partial charge is 0.307 e. The van der Waals surface area contributed by atoms with Crippen molar-refractivity contribution in [3.8, 4) is 0 Å². The van der Waals surface area contributed by atoms with Crippen LogP contribution in [0.2, 0.25) is 24.7 Å². The number of hydrogen-bond donors (Lipinski definition) is 2. The second-order valence-electron chi connectivity index (χ2n) is 7.40. The Kier molecular flexibility index (Phi) is 8.97. The fourth-order valence-electron chi connectivity index (χ4n) is 3.63. The molecule has 0 aromatic carbocycles. The molecule has 5 heteroatoms. The number of rotatable bonds is 12. The van der Waals surface area contributed by atoms with Crippen LogP contribution < -0.4 is 0 Å². The lowest BCUT2D eigenvalue weighted by molar-refractivity contribution is -0.144. The molecule has 0 heterocycles. The molecule has 0 spiro atoms. The van der Waals surface area contributed by atoms with E-state index in [0.717, 1.165) is 32.1 Å². The van der Waals surface area contributed by atoms with Crippen molar-refractivity contribution in [3.05, 3.63) is 0 Å². The van der Waals surface area contributed by atoms with E-state index in [2.05, 4.69) is 33.5 Å². The normalized spacial score (nSPS) is 16.0. The van der Waals surface area contributed by atoms with E-state index in [1.54, 1.807) is 0 Å². The number of aliphatic carboxylic acids is 2. The standard InChI is InChI=1S/C17H34O4Si/c1-6-8-10-14(11-12-15(18)19)17(16(20)21,13-9-7-2)22(3,4)5/h14H,6-13H2,1-5H3,(H,18,19)(H,20,21). The molecule has 0 aromatic rings. The zero-order valence-electron chi connectivity index (χ0n) is 14.9. The summed E-state index contributed by atoms with van der Waals surface area (Å²) in [4.78, 5) is 23.3. The van der Waals surface area contributed by atoms with E-state index in [-0.39, 0.29) is 12.3 Å². The molecule has 0 aliphatic carbocycles. The molecule has 0 aliphatic rings. The largest absolute Gasteiger partial charge is 0.481 e. The minimum Gasteiger partial charge on any atom is -0.481 e. The van der Waals surface area contributed by atoms with Gasteiger partial charge in [-0.15, -0.1) is 0 Å². The monoisotopic (exact) mass is 330 g/mol. The summed E-state index contributed by atoms with van der Waals surface area (Å²) in [6.45, 7) is 10.5. The fraction of sp³-hybridized carbons (Fsp3) is 0.882. The van der Waals surface area contributed by atoms with Gasteiger partial charge >= 0.3 is 11.9 Å². The summed E-state index contributed by atoms with van der Waals surface area (Å²) < 4.78 is 0. The molecule has 0 rings (SSSR count). The Labute approximate surface area is 136 Å². The van der Waals surface area contributed by atoms with Gasteiger partial charge in [-0.3, -0.25) is 9.59 Å². The highest BCUT2D eigenvalue weighted by molar-refractivity contribution is 6.82. The molecule has 4 nitrogen and oxygen atoms in total. The van der Waals surface area contributed by atoms with Gasteiger partial charge in [0.15, 0.2) is 0 Å². The molecule has 2 unspecified atom stereocenters. The summed E-state index contributed by atoms with van der Waals surface area (Å²) in [5, 5.41) is 18.4. The second kappa shape index (κ2) is 9.33. The predicted molar refractivity (Wildman–Crippen MR) is 93.1 cm³/mol. The van der Waals surface area contributed by atoms with Gasteiger partial charge < -0.3 is 10.2 Å². The predicted octanol–water partition coefficient (Wildman–Crippen LogP) is 5.01. The molecule has 0 fully saturated rings. The Morgan fingerprint density at radius 2 is 1.55 bits per heavy atom. The van der Waals surface area contributed by atoms with Crippen LogP contribution in [0.5, 0.6) is 0 Å². The summed E-state index contributed by atoms with van der Waals surface area (Å²) in [6, 6.07) is 0. The number of hydrogen-bond acceptors (Lipinski definition) is 2. The number of carboxylic acids is 2. The number of carbonyl (C=O) groups is 2. The first kappa shape index (κ1) is 21.2. The Morgan fingerprint density at radius 1 is 1.00 bits per heavy atom. The van der Waals surface area contributed by atoms with Crippen LogP contribution in [-0.2, 0) is 9.59 Å². The maximum atomic E-state index is 12.3. The fourth-order valence-corrected chi connectivity index (χ4v) is 6.72. The molecule has 0 saturated carbocycles. The molecular formula is C17H34O4Si. The highest BCUT2D eigenvalue weighted by atomic mass is 28.3. The first-order valence-corrected chi connectivity index (χ1v) is 12.1. The third-order valence-corrected chi connectivity index (χ3v) is 8.50. The van der Waals surface area contributed by atoms with Gasteiger partial charge in [-0.25, -0.2) is 0 Å². The lowest BCUT2D eigenvalue weighted by Gasteiger charge is -2.46. The topological polar surface area (TPSA) is 74.6 Å². The van der Waals surface area contributed by atoms with Gasteiger partial charge in [0.05, 0.1) is 13.1 Å². The SMILES string of the molecule is CCCCC(CCC(=O)O)C(CCCC)(C(=O)O)[Si](C)(C)C. The van der Waals surface area contributed by atoms with Crippen molar-refractivity contribution in [2.24, 2.45) is 5.92 Å². The molecule has 0 radical (unpaired) electrons. The third kappa shape index (κ3) is 5.41. The molecule has 0 aliphatic heterocycles. The zero-order chi connectivity index (χ0) is 17.4. The zero-order valence-corrected chi connectivity index (χ0v) is 15.9. The molecule has 130 valence electrons. The first-order chi connectivity index (χ1) is 10.1. The van der Waals surface area contributed by atoms with Crippen LogP contribution in [0, 0.1) is 5.92 Å². The van der Waals surface area contributed by atoms with Crippen LogP contribution >= 0.6 is 0 Å². The molecule has 0 amide bonds. The molecule has 2 atom stereocenters. The molecule has 22 heavy (non-hydrogen) atoms. The van der Waals surface area contributed by atoms with Crippen molar-refractivity contribution in [1.29, 1.82) is 0 Å². The second-order valence-corrected chi connectivity index (χ2v) is 12.8. The quantitative estimate of drug-likeness (QED) is 0.493. The van der Waals surface area contributed by atoms with Crippen molar-refractivity contribution < 1.29 is 19.8 Å². The minimum absolute atomic E-state index is 0.0285. The van der Waals surface area contributed by atoms with Crippen LogP contribution in [-0.4, -0.2) is 30.2 Å². The highest BCUT2D eigenvalue weighted by Crippen LogP contribution is 2.53. The van der Waals surface area contributed by atoms with E-state index in [0.29, 0.717) is 12.8 Å². The highest BCUT2D eigenvalue weighted by Gasteiger charge is 2.53. The summed E-state index contributed by atoms with van der Waals surface area (Å²) >= 11 is 0. The molecule has 0 aromatic heterocycles. The maximum absolute atomic E-state index is 12.3. The van der Waals surface area contributed by atoms with Crippen LogP contribution in [0.3, 0.4) is 0 Å². The van der Waals surface area contributed by atoms with E-state index < -0.39 is 25.1 Å². The maximum Gasteiger partial charge on any atom is 0.307 e. The van der Waals surface area contributed by atoms with Gasteiger partial charge in [-0.1, -0.05) is 59.2 Å². The van der Waals surface area contributed by atoms with Crippen molar-refractivity contribution >= 4 is 20.0 Å². The van der Waals surface area contributed by atoms with Gasteiger partial charge in [0.1, 0.15) is 0 Å². The molecular weight excluding hydrogens is 296 g/mol. The van der Waals surface area contributed by atoms with E-state index in [9.17, 15) is 14.7 Å². The van der Waals surface area contributed by atoms with Crippen LogP contribution in [0.4, 0.5) is 0 Å². The van der Waals surface area contributed by atoms with E-state index >= 15 is 0 Å². The van der Waals surface area contributed by atoms with Crippen molar-refractivity contribution in [2.75, 3.05) is 0 Å². The van der Waals surface area contributed by atoms with E-state index in [1.807, 2.05) is 0 Å². The van der Waals surface area contributed by atoms with E-state index in [4.69, 9.17) is 5.11 Å². The average Bonchev–Trinajstić information content (AvgIpc) is 2.39. The first-order valence-electron chi connectivity index (χ1n) is 8.58. The Hall–Kier alpha value is -0.843. The van der Waals surface area contributed by atoms with Gasteiger partial charge in [-0.2, -0.15) is 0 Å². The molecule has 0 bridgehead atoms. The van der Waals surface area contributed by atoms with Gasteiger partial charge in [0.25, 0.3) is 0 Å². The lowest BCUT2D eigenvalue weighted by Crippen LogP contribution is -2.50. The Bertz CT molecular complexity index is 362. The number of carboxylic acid groups (broad SMARTS) is 2. The van der Waals surface area contributed by atoms with Crippen molar-refractivity contribution in [3.63, 3.8) is 0 Å². The summed E-state index contributed by atoms with van der Waals surface area (Å²) in [6.07, 6.45) is 5.90. The summed E-state index contributed by atoms with van der Waals surface area (Å²) in [7, 11) is -2.01. The molecule has 2 N–H and O–H groups in total. The van der Waals surface area contributed by atoms with Crippen LogP contribution in [0.1, 0.15) is 65.2 Å². The van der Waals surface area contributed by atoms with E-state index in [1.165, 1.54) is 0 Å². The van der Waals surface area contributed by atoms with Crippen LogP contribution in [0.15, 0.2) is 0 Å². The summed E-state index contributed by atoms with van der Waals surface area (Å²) in [5.74, 6) is -1.56. The minimum atomic E-state index is -2.01. The molecule has 0 saturated heterocycles. The number of unbranched alkanes of at least 4 members (excludes halogenated alkanes) is 2. The Morgan fingerprint density at radius 3 is 1.91 bits per heavy atom. The summed E-state index contributed by atoms with van der Waals surface area (Å²) in [5.41, 5.74) is 0. The van der Waals surface area contributed by atoms with Crippen LogP contribution in [0.25, 0.3) is 0 Å². The third-order valence-electron chi connectivity index (χ3n) is 4.95. The van der Waals surface area contributed by atoms with Gasteiger partial charge in [-0.05, 0) is 25.2 Å². The van der Waals surface area contributed by atoms with Gasteiger partial charge in [0.2, 0.25) is 0 Å². The van der Waals surface area contributed by atoms with Crippen molar-refractivity contribution in [1.82, 2.24) is 0 Å². The Balaban J connectivity index is 5.66. The lowest BCUT2D eigenvalue weighted by atomic mass is 9.80. The average molecular weight is 331 g/mol. The van der Waals surface area contributed by atoms with Crippen molar-refractivity contribution in [2.45, 2.75) is 89.9 Å².